The molecule has 2 N–H and O–H groups in total. The minimum atomic E-state index is -0.488. The third kappa shape index (κ3) is 3.87. The van der Waals surface area contributed by atoms with Gasteiger partial charge in [0.1, 0.15) is 0 Å². The fraction of sp³-hybridized carbons (Fsp3) is 0.440. The van der Waals surface area contributed by atoms with Gasteiger partial charge in [0.25, 0.3) is 11.5 Å². The van der Waals surface area contributed by atoms with E-state index in [1.165, 1.54) is 0 Å². The molecule has 6 heteroatoms. The van der Waals surface area contributed by atoms with Crippen molar-refractivity contribution in [1.82, 2.24) is 13.9 Å². The van der Waals surface area contributed by atoms with E-state index in [9.17, 15) is 9.59 Å². The lowest BCUT2D eigenvalue weighted by Gasteiger charge is -2.16. The number of carbonyl (C=O) groups is 1. The Balaban J connectivity index is 2.39. The Bertz CT molecular complexity index is 1150. The largest absolute Gasteiger partial charge is 0.366 e. The second-order valence-corrected chi connectivity index (χ2v) is 8.50. The Morgan fingerprint density at radius 1 is 1.03 bits per heavy atom. The van der Waals surface area contributed by atoms with Crippen LogP contribution in [0.25, 0.3) is 16.8 Å². The third-order valence-electron chi connectivity index (χ3n) is 6.14. The fourth-order valence-electron chi connectivity index (χ4n) is 4.68. The maximum absolute atomic E-state index is 13.7. The Morgan fingerprint density at radius 2 is 1.68 bits per heavy atom. The van der Waals surface area contributed by atoms with Crippen LogP contribution in [0.4, 0.5) is 0 Å². The molecule has 1 aromatic carbocycles. The lowest BCUT2D eigenvalue weighted by molar-refractivity contribution is 0.1000. The number of unbranched alkanes of at least 4 members (excludes halogenated alkanes) is 2. The molecular weight excluding hydrogens is 388 g/mol. The first-order chi connectivity index (χ1) is 14.7. The molecule has 0 aliphatic carbocycles. The quantitative estimate of drug-likeness (QED) is 0.536. The molecule has 0 fully saturated rings. The van der Waals surface area contributed by atoms with E-state index in [4.69, 9.17) is 5.73 Å². The average molecular weight is 423 g/mol. The van der Waals surface area contributed by atoms with Gasteiger partial charge in [-0.05, 0) is 52.7 Å². The number of amides is 1. The van der Waals surface area contributed by atoms with Crippen molar-refractivity contribution in [3.63, 3.8) is 0 Å². The van der Waals surface area contributed by atoms with Gasteiger partial charge in [0.15, 0.2) is 0 Å². The van der Waals surface area contributed by atoms with Gasteiger partial charge in [-0.15, -0.1) is 0 Å². The number of carbonyl (C=O) groups excluding carboxylic acids is 1. The summed E-state index contributed by atoms with van der Waals surface area (Å²) in [7, 11) is 1.88. The Hall–Kier alpha value is -3.02. The molecule has 0 saturated heterocycles. The van der Waals surface area contributed by atoms with Crippen molar-refractivity contribution >= 4 is 5.91 Å². The van der Waals surface area contributed by atoms with Crippen LogP contribution in [0.2, 0.25) is 0 Å². The van der Waals surface area contributed by atoms with E-state index in [2.05, 4.69) is 25.3 Å². The van der Waals surface area contributed by atoms with E-state index in [1.54, 1.807) is 4.68 Å². The highest BCUT2D eigenvalue weighted by Crippen LogP contribution is 2.36. The normalized spacial score (nSPS) is 11.5. The zero-order valence-electron chi connectivity index (χ0n) is 19.5. The zero-order chi connectivity index (χ0) is 22.9. The van der Waals surface area contributed by atoms with Crippen molar-refractivity contribution in [1.29, 1.82) is 0 Å². The van der Waals surface area contributed by atoms with Crippen LogP contribution in [0.1, 0.15) is 73.5 Å². The molecule has 2 heterocycles. The first kappa shape index (κ1) is 22.7. The van der Waals surface area contributed by atoms with Crippen LogP contribution in [-0.4, -0.2) is 19.8 Å². The smallest absolute Gasteiger partial charge is 0.279 e. The van der Waals surface area contributed by atoms with E-state index < -0.39 is 5.91 Å². The first-order valence-corrected chi connectivity index (χ1v) is 11.1. The van der Waals surface area contributed by atoms with E-state index in [0.29, 0.717) is 16.7 Å². The third-order valence-corrected chi connectivity index (χ3v) is 6.14. The topological polar surface area (TPSA) is 75.0 Å². The Morgan fingerprint density at radius 3 is 2.23 bits per heavy atom. The number of nitrogens with zero attached hydrogens (tertiary/aromatic N) is 3. The van der Waals surface area contributed by atoms with Gasteiger partial charge in [0.2, 0.25) is 0 Å². The summed E-state index contributed by atoms with van der Waals surface area (Å²) in [4.78, 5) is 26.4. The number of para-hydroxylation sites is 1. The second-order valence-electron chi connectivity index (χ2n) is 8.50. The van der Waals surface area contributed by atoms with Crippen LogP contribution in [0.5, 0.6) is 0 Å². The van der Waals surface area contributed by atoms with Crippen molar-refractivity contribution in [2.24, 2.45) is 12.8 Å². The number of nitrogens with two attached hydrogens (primary N) is 1. The molecule has 0 aliphatic rings. The maximum atomic E-state index is 13.7. The van der Waals surface area contributed by atoms with Gasteiger partial charge in [-0.25, -0.2) is 4.68 Å². The van der Waals surface area contributed by atoms with Gasteiger partial charge in [-0.2, -0.15) is 0 Å². The molecule has 1 amide bonds. The van der Waals surface area contributed by atoms with Crippen LogP contribution >= 0.6 is 0 Å². The maximum Gasteiger partial charge on any atom is 0.279 e. The summed E-state index contributed by atoms with van der Waals surface area (Å²) in [5.74, 6) is -0.488. The fourth-order valence-corrected chi connectivity index (χ4v) is 4.68. The molecule has 6 nitrogen and oxygen atoms in total. The van der Waals surface area contributed by atoms with Crippen molar-refractivity contribution in [2.75, 3.05) is 0 Å². The summed E-state index contributed by atoms with van der Waals surface area (Å²) in [5.41, 5.74) is 10.9. The first-order valence-electron chi connectivity index (χ1n) is 11.1. The van der Waals surface area contributed by atoms with E-state index in [0.717, 1.165) is 48.5 Å². The number of hydrogen-bond donors (Lipinski definition) is 1. The summed E-state index contributed by atoms with van der Waals surface area (Å²) in [6.07, 6.45) is 3.99. The molecule has 166 valence electrons. The lowest BCUT2D eigenvalue weighted by Crippen LogP contribution is -2.21. The average Bonchev–Trinajstić information content (AvgIpc) is 3.12. The molecule has 0 bridgehead atoms. The molecule has 3 aromatic rings. The van der Waals surface area contributed by atoms with E-state index >= 15 is 0 Å². The molecule has 0 unspecified atom stereocenters. The number of primary amides is 1. The SMILES string of the molecule is CCCCCc1c(-c2c(C)n(C)n(-c3ccccc3)c2=O)c(C(N)=O)c(C)n1C(C)C. The number of hydrogen-bond acceptors (Lipinski definition) is 2. The van der Waals surface area contributed by atoms with Crippen LogP contribution < -0.4 is 11.3 Å². The summed E-state index contributed by atoms with van der Waals surface area (Å²) >= 11 is 0. The van der Waals surface area contributed by atoms with E-state index in [-0.39, 0.29) is 11.6 Å². The molecule has 31 heavy (non-hydrogen) atoms. The van der Waals surface area contributed by atoms with Gasteiger partial charge in [-0.1, -0.05) is 38.0 Å². The minimum Gasteiger partial charge on any atom is -0.366 e. The van der Waals surface area contributed by atoms with Crippen molar-refractivity contribution < 1.29 is 4.79 Å². The Kier molecular flexibility index (Phi) is 6.58. The number of rotatable bonds is 8. The van der Waals surface area contributed by atoms with Crippen molar-refractivity contribution in [3.8, 4) is 16.8 Å². The van der Waals surface area contributed by atoms with Crippen LogP contribution in [0, 0.1) is 13.8 Å². The Labute approximate surface area is 184 Å². The second kappa shape index (κ2) is 9.00. The number of aromatic nitrogens is 3. The molecule has 2 aromatic heterocycles. The summed E-state index contributed by atoms with van der Waals surface area (Å²) in [5, 5.41) is 0. The van der Waals surface area contributed by atoms with Crippen molar-refractivity contribution in [3.05, 3.63) is 63.3 Å². The van der Waals surface area contributed by atoms with Gasteiger partial charge in [-0.3, -0.25) is 14.3 Å². The summed E-state index contributed by atoms with van der Waals surface area (Å²) in [6, 6.07) is 9.72. The monoisotopic (exact) mass is 422 g/mol. The highest BCUT2D eigenvalue weighted by atomic mass is 16.1. The molecule has 3 rings (SSSR count). The molecule has 0 saturated carbocycles. The molecule has 0 aliphatic heterocycles. The molecule has 0 spiro atoms. The van der Waals surface area contributed by atoms with Crippen LogP contribution in [-0.2, 0) is 13.5 Å². The highest BCUT2D eigenvalue weighted by Gasteiger charge is 2.30. The lowest BCUT2D eigenvalue weighted by atomic mass is 9.97. The predicted molar refractivity (Wildman–Crippen MR) is 126 cm³/mol. The van der Waals surface area contributed by atoms with Gasteiger partial charge in [0.05, 0.1) is 16.8 Å². The zero-order valence-corrected chi connectivity index (χ0v) is 19.5. The van der Waals surface area contributed by atoms with E-state index in [1.807, 2.05) is 55.9 Å². The van der Waals surface area contributed by atoms with Crippen molar-refractivity contribution in [2.45, 2.75) is 66.3 Å². The van der Waals surface area contributed by atoms with Gasteiger partial charge in [0, 0.05) is 35.7 Å². The summed E-state index contributed by atoms with van der Waals surface area (Å²) < 4.78 is 5.70. The highest BCUT2D eigenvalue weighted by molar-refractivity contribution is 6.02. The molecule has 0 atom stereocenters. The van der Waals surface area contributed by atoms with Crippen LogP contribution in [0.15, 0.2) is 35.1 Å². The summed E-state index contributed by atoms with van der Waals surface area (Å²) in [6.45, 7) is 10.2. The van der Waals surface area contributed by atoms with Gasteiger partial charge < -0.3 is 10.3 Å². The van der Waals surface area contributed by atoms with Crippen LogP contribution in [0.3, 0.4) is 0 Å². The predicted octanol–water partition coefficient (Wildman–Crippen LogP) is 4.67. The molecular formula is C25H34N4O2. The minimum absolute atomic E-state index is 0.133. The number of benzene rings is 1. The standard InChI is InChI=1S/C25H34N4O2/c1-7-8-10-15-20-23(21(24(26)30)18(5)28(20)16(2)3)22-17(4)27(6)29(25(22)31)19-13-11-9-12-14-19/h9,11-14,16H,7-8,10,15H2,1-6H3,(H2,26,30). The van der Waals surface area contributed by atoms with Gasteiger partial charge >= 0.3 is 0 Å². The molecule has 0 radical (unpaired) electrons.